The molecule has 0 aromatic carbocycles. The van der Waals surface area contributed by atoms with Crippen molar-refractivity contribution in [1.29, 1.82) is 0 Å². The van der Waals surface area contributed by atoms with E-state index >= 15 is 0 Å². The SMILES string of the molecule is c1csc(-c2noc(C3CCCN3C3CCNCC3)n2)c1. The lowest BCUT2D eigenvalue weighted by molar-refractivity contribution is 0.126. The molecule has 6 heteroatoms. The second-order valence-electron chi connectivity index (χ2n) is 5.81. The molecule has 2 aliphatic heterocycles. The molecule has 0 radical (unpaired) electrons. The molecule has 21 heavy (non-hydrogen) atoms. The van der Waals surface area contributed by atoms with Gasteiger partial charge in [-0.1, -0.05) is 11.2 Å². The fraction of sp³-hybridized carbons (Fsp3) is 0.600. The zero-order valence-electron chi connectivity index (χ0n) is 12.0. The van der Waals surface area contributed by atoms with Gasteiger partial charge in [0, 0.05) is 6.04 Å². The third-order valence-electron chi connectivity index (χ3n) is 4.54. The molecule has 0 aliphatic carbocycles. The van der Waals surface area contributed by atoms with Crippen molar-refractivity contribution in [2.45, 2.75) is 37.8 Å². The second kappa shape index (κ2) is 5.87. The predicted octanol–water partition coefficient (Wildman–Crippen LogP) is 2.69. The third kappa shape index (κ3) is 2.63. The van der Waals surface area contributed by atoms with Crippen LogP contribution in [0.1, 0.15) is 37.6 Å². The molecule has 0 bridgehead atoms. The maximum atomic E-state index is 5.58. The summed E-state index contributed by atoms with van der Waals surface area (Å²) in [6.07, 6.45) is 4.81. The summed E-state index contributed by atoms with van der Waals surface area (Å²) in [6, 6.07) is 5.04. The summed E-state index contributed by atoms with van der Waals surface area (Å²) < 4.78 is 5.58. The molecule has 0 amide bonds. The van der Waals surface area contributed by atoms with E-state index in [9.17, 15) is 0 Å². The van der Waals surface area contributed by atoms with Crippen LogP contribution in [0.5, 0.6) is 0 Å². The van der Waals surface area contributed by atoms with Gasteiger partial charge in [0.1, 0.15) is 0 Å². The summed E-state index contributed by atoms with van der Waals surface area (Å²) in [7, 11) is 0. The van der Waals surface area contributed by atoms with E-state index in [-0.39, 0.29) is 0 Å². The first-order chi connectivity index (χ1) is 10.4. The van der Waals surface area contributed by atoms with Gasteiger partial charge in [-0.2, -0.15) is 4.98 Å². The second-order valence-corrected chi connectivity index (χ2v) is 6.76. The highest BCUT2D eigenvalue weighted by molar-refractivity contribution is 7.13. The van der Waals surface area contributed by atoms with E-state index in [0.29, 0.717) is 12.1 Å². The highest BCUT2D eigenvalue weighted by Crippen LogP contribution is 2.35. The lowest BCUT2D eigenvalue weighted by Crippen LogP contribution is -2.42. The number of nitrogens with one attached hydrogen (secondary N) is 1. The average Bonchev–Trinajstić information content (AvgIpc) is 3.27. The fourth-order valence-corrected chi connectivity index (χ4v) is 4.16. The van der Waals surface area contributed by atoms with Crippen molar-refractivity contribution in [2.75, 3.05) is 19.6 Å². The minimum Gasteiger partial charge on any atom is -0.337 e. The lowest BCUT2D eigenvalue weighted by atomic mass is 10.0. The zero-order valence-corrected chi connectivity index (χ0v) is 12.8. The van der Waals surface area contributed by atoms with Crippen LogP contribution in [-0.4, -0.2) is 40.7 Å². The van der Waals surface area contributed by atoms with E-state index in [1.54, 1.807) is 11.3 Å². The summed E-state index contributed by atoms with van der Waals surface area (Å²) in [5.41, 5.74) is 0. The van der Waals surface area contributed by atoms with Crippen LogP contribution in [-0.2, 0) is 0 Å². The van der Waals surface area contributed by atoms with Crippen LogP contribution in [0.25, 0.3) is 10.7 Å². The van der Waals surface area contributed by atoms with Crippen molar-refractivity contribution in [1.82, 2.24) is 20.4 Å². The van der Waals surface area contributed by atoms with E-state index in [1.165, 1.54) is 19.3 Å². The van der Waals surface area contributed by atoms with Crippen molar-refractivity contribution in [3.8, 4) is 10.7 Å². The van der Waals surface area contributed by atoms with Crippen LogP contribution >= 0.6 is 11.3 Å². The Bertz CT molecular complexity index is 576. The smallest absolute Gasteiger partial charge is 0.244 e. The van der Waals surface area contributed by atoms with E-state index in [0.717, 1.165) is 42.6 Å². The molecule has 2 aromatic heterocycles. The Hall–Kier alpha value is -1.24. The van der Waals surface area contributed by atoms with Gasteiger partial charge >= 0.3 is 0 Å². The molecule has 2 saturated heterocycles. The van der Waals surface area contributed by atoms with Crippen molar-refractivity contribution < 1.29 is 4.52 Å². The van der Waals surface area contributed by atoms with Crippen LogP contribution in [0.2, 0.25) is 0 Å². The molecule has 4 heterocycles. The molecule has 2 aliphatic rings. The Balaban J connectivity index is 1.54. The largest absolute Gasteiger partial charge is 0.337 e. The Morgan fingerprint density at radius 3 is 3.00 bits per heavy atom. The summed E-state index contributed by atoms with van der Waals surface area (Å²) in [6.45, 7) is 3.41. The van der Waals surface area contributed by atoms with Crippen LogP contribution in [0.3, 0.4) is 0 Å². The number of hydrogen-bond donors (Lipinski definition) is 1. The van der Waals surface area contributed by atoms with Crippen molar-refractivity contribution in [2.24, 2.45) is 0 Å². The molecule has 1 N–H and O–H groups in total. The van der Waals surface area contributed by atoms with Crippen LogP contribution in [0, 0.1) is 0 Å². The number of hydrogen-bond acceptors (Lipinski definition) is 6. The van der Waals surface area contributed by atoms with E-state index in [1.807, 2.05) is 17.5 Å². The van der Waals surface area contributed by atoms with E-state index in [4.69, 9.17) is 4.52 Å². The number of nitrogens with zero attached hydrogens (tertiary/aromatic N) is 3. The van der Waals surface area contributed by atoms with Crippen LogP contribution < -0.4 is 5.32 Å². The molecule has 1 atom stereocenters. The van der Waals surface area contributed by atoms with Gasteiger partial charge in [-0.15, -0.1) is 11.3 Å². The molecular weight excluding hydrogens is 284 g/mol. The minimum atomic E-state index is 0.314. The molecule has 1 unspecified atom stereocenters. The minimum absolute atomic E-state index is 0.314. The molecule has 5 nitrogen and oxygen atoms in total. The summed E-state index contributed by atoms with van der Waals surface area (Å²) in [4.78, 5) is 8.32. The normalized spacial score (nSPS) is 24.7. The first-order valence-corrected chi connectivity index (χ1v) is 8.64. The molecule has 4 rings (SSSR count). The van der Waals surface area contributed by atoms with Gasteiger partial charge in [-0.3, -0.25) is 4.90 Å². The Labute approximate surface area is 128 Å². The zero-order chi connectivity index (χ0) is 14.1. The maximum Gasteiger partial charge on any atom is 0.244 e. The molecular formula is C15H20N4OS. The van der Waals surface area contributed by atoms with Crippen molar-refractivity contribution in [3.05, 3.63) is 23.4 Å². The van der Waals surface area contributed by atoms with Crippen LogP contribution in [0.15, 0.2) is 22.0 Å². The summed E-state index contributed by atoms with van der Waals surface area (Å²) >= 11 is 1.65. The molecule has 2 fully saturated rings. The first kappa shape index (κ1) is 13.4. The monoisotopic (exact) mass is 304 g/mol. The Morgan fingerprint density at radius 1 is 1.29 bits per heavy atom. The predicted molar refractivity (Wildman–Crippen MR) is 82.2 cm³/mol. The lowest BCUT2D eigenvalue weighted by Gasteiger charge is -2.34. The summed E-state index contributed by atoms with van der Waals surface area (Å²) in [5.74, 6) is 1.53. The highest BCUT2D eigenvalue weighted by Gasteiger charge is 2.35. The Morgan fingerprint density at radius 2 is 2.19 bits per heavy atom. The fourth-order valence-electron chi connectivity index (χ4n) is 3.51. The average molecular weight is 304 g/mol. The number of aromatic nitrogens is 2. The number of piperidine rings is 1. The summed E-state index contributed by atoms with van der Waals surface area (Å²) in [5, 5.41) is 9.65. The van der Waals surface area contributed by atoms with Gasteiger partial charge in [0.2, 0.25) is 11.7 Å². The highest BCUT2D eigenvalue weighted by atomic mass is 32.1. The number of thiophene rings is 1. The number of rotatable bonds is 3. The topological polar surface area (TPSA) is 54.2 Å². The standard InChI is InChI=1S/C15H20N4OS/c1-3-12(19(9-1)11-5-7-16-8-6-11)15-17-14(18-20-15)13-4-2-10-21-13/h2,4,10-12,16H,1,3,5-9H2. The molecule has 0 spiro atoms. The molecule has 0 saturated carbocycles. The van der Waals surface area contributed by atoms with Gasteiger partial charge in [0.05, 0.1) is 10.9 Å². The van der Waals surface area contributed by atoms with Gasteiger partial charge < -0.3 is 9.84 Å². The van der Waals surface area contributed by atoms with Crippen LogP contribution in [0.4, 0.5) is 0 Å². The molecule has 112 valence electrons. The van der Waals surface area contributed by atoms with Crippen molar-refractivity contribution in [3.63, 3.8) is 0 Å². The van der Waals surface area contributed by atoms with Crippen molar-refractivity contribution >= 4 is 11.3 Å². The van der Waals surface area contributed by atoms with E-state index < -0.39 is 0 Å². The number of likely N-dealkylation sites (tertiary alicyclic amines) is 1. The van der Waals surface area contributed by atoms with Gasteiger partial charge in [-0.05, 0) is 56.8 Å². The maximum absolute atomic E-state index is 5.58. The van der Waals surface area contributed by atoms with E-state index in [2.05, 4.69) is 20.4 Å². The molecule has 2 aromatic rings. The van der Waals surface area contributed by atoms with Gasteiger partial charge in [0.25, 0.3) is 0 Å². The van der Waals surface area contributed by atoms with Gasteiger partial charge in [-0.25, -0.2) is 0 Å². The van der Waals surface area contributed by atoms with Gasteiger partial charge in [0.15, 0.2) is 0 Å². The quantitative estimate of drug-likeness (QED) is 0.945. The third-order valence-corrected chi connectivity index (χ3v) is 5.41. The first-order valence-electron chi connectivity index (χ1n) is 7.76. The Kier molecular flexibility index (Phi) is 3.75.